The van der Waals surface area contributed by atoms with Crippen LogP contribution in [0, 0.1) is 5.92 Å². The fourth-order valence-corrected chi connectivity index (χ4v) is 3.55. The Morgan fingerprint density at radius 3 is 2.50 bits per heavy atom. The fraction of sp³-hybridized carbons (Fsp3) is 1.00. The monoisotopic (exact) mass is 254 g/mol. The standard InChI is InChI=1S/C15H30N2O/c1-16(2)14-9-6-10-17(11-14)12-15(18)13-7-4-3-5-8-13/h13-15,18H,3-12H2,1-2H3. The highest BCUT2D eigenvalue weighted by Crippen LogP contribution is 2.27. The van der Waals surface area contributed by atoms with Gasteiger partial charge in [-0.15, -0.1) is 0 Å². The Labute approximate surface area is 112 Å². The normalized spacial score (nSPS) is 29.7. The van der Waals surface area contributed by atoms with Crippen LogP contribution in [0.2, 0.25) is 0 Å². The van der Waals surface area contributed by atoms with Gasteiger partial charge in [-0.25, -0.2) is 0 Å². The van der Waals surface area contributed by atoms with Crippen molar-refractivity contribution in [2.45, 2.75) is 57.1 Å². The van der Waals surface area contributed by atoms with Crippen LogP contribution in [0.15, 0.2) is 0 Å². The molecule has 1 saturated carbocycles. The molecule has 2 unspecified atom stereocenters. The van der Waals surface area contributed by atoms with E-state index < -0.39 is 0 Å². The van der Waals surface area contributed by atoms with E-state index in [-0.39, 0.29) is 6.10 Å². The van der Waals surface area contributed by atoms with E-state index in [4.69, 9.17) is 0 Å². The molecule has 3 nitrogen and oxygen atoms in total. The zero-order valence-electron chi connectivity index (χ0n) is 12.1. The highest BCUT2D eigenvalue weighted by atomic mass is 16.3. The molecule has 0 aromatic heterocycles. The molecule has 2 fully saturated rings. The number of hydrogen-bond donors (Lipinski definition) is 1. The number of aliphatic hydroxyl groups is 1. The molecule has 1 heterocycles. The molecule has 3 heteroatoms. The van der Waals surface area contributed by atoms with Crippen molar-refractivity contribution >= 4 is 0 Å². The zero-order chi connectivity index (χ0) is 13.0. The van der Waals surface area contributed by atoms with Crippen molar-refractivity contribution in [3.63, 3.8) is 0 Å². The maximum Gasteiger partial charge on any atom is 0.0695 e. The van der Waals surface area contributed by atoms with Crippen molar-refractivity contribution < 1.29 is 5.11 Å². The topological polar surface area (TPSA) is 26.7 Å². The van der Waals surface area contributed by atoms with Crippen LogP contribution in [0.1, 0.15) is 44.9 Å². The quantitative estimate of drug-likeness (QED) is 0.831. The molecule has 1 saturated heterocycles. The van der Waals surface area contributed by atoms with E-state index in [0.29, 0.717) is 12.0 Å². The Kier molecular flexibility index (Phi) is 5.46. The van der Waals surface area contributed by atoms with Gasteiger partial charge in [0.25, 0.3) is 0 Å². The van der Waals surface area contributed by atoms with E-state index in [1.54, 1.807) is 0 Å². The third-order valence-electron chi connectivity index (χ3n) is 4.85. The molecule has 106 valence electrons. The van der Waals surface area contributed by atoms with Gasteiger partial charge in [0.1, 0.15) is 0 Å². The first-order valence-electron chi connectivity index (χ1n) is 7.73. The minimum atomic E-state index is -0.0915. The van der Waals surface area contributed by atoms with Gasteiger partial charge in [0, 0.05) is 19.1 Å². The van der Waals surface area contributed by atoms with Crippen LogP contribution in [0.3, 0.4) is 0 Å². The van der Waals surface area contributed by atoms with Crippen molar-refractivity contribution in [1.29, 1.82) is 0 Å². The molecule has 1 aliphatic heterocycles. The molecular formula is C15H30N2O. The first kappa shape index (κ1) is 14.3. The lowest BCUT2D eigenvalue weighted by atomic mass is 9.85. The number of aliphatic hydroxyl groups excluding tert-OH is 1. The molecule has 0 amide bonds. The second-order valence-corrected chi connectivity index (χ2v) is 6.48. The molecule has 0 aromatic carbocycles. The highest BCUT2D eigenvalue weighted by molar-refractivity contribution is 4.82. The van der Waals surface area contributed by atoms with E-state index in [9.17, 15) is 5.11 Å². The van der Waals surface area contributed by atoms with Crippen molar-refractivity contribution in [3.05, 3.63) is 0 Å². The van der Waals surface area contributed by atoms with Crippen molar-refractivity contribution in [1.82, 2.24) is 9.80 Å². The molecule has 1 N–H and O–H groups in total. The van der Waals surface area contributed by atoms with E-state index in [0.717, 1.165) is 13.1 Å². The van der Waals surface area contributed by atoms with E-state index >= 15 is 0 Å². The number of nitrogens with zero attached hydrogens (tertiary/aromatic N) is 2. The second kappa shape index (κ2) is 6.88. The second-order valence-electron chi connectivity index (χ2n) is 6.48. The average Bonchev–Trinajstić information content (AvgIpc) is 2.40. The van der Waals surface area contributed by atoms with Crippen LogP contribution in [0.25, 0.3) is 0 Å². The summed E-state index contributed by atoms with van der Waals surface area (Å²) in [6.45, 7) is 3.21. The van der Waals surface area contributed by atoms with Crippen LogP contribution in [0.4, 0.5) is 0 Å². The minimum absolute atomic E-state index is 0.0915. The Morgan fingerprint density at radius 1 is 1.11 bits per heavy atom. The van der Waals surface area contributed by atoms with E-state index in [2.05, 4.69) is 23.9 Å². The summed E-state index contributed by atoms with van der Waals surface area (Å²) in [5, 5.41) is 10.4. The molecule has 1 aliphatic carbocycles. The van der Waals surface area contributed by atoms with Gasteiger partial charge in [-0.2, -0.15) is 0 Å². The number of hydrogen-bond acceptors (Lipinski definition) is 3. The van der Waals surface area contributed by atoms with Gasteiger partial charge < -0.3 is 10.0 Å². The SMILES string of the molecule is CN(C)C1CCCN(CC(O)C2CCCCC2)C1. The van der Waals surface area contributed by atoms with Crippen LogP contribution < -0.4 is 0 Å². The summed E-state index contributed by atoms with van der Waals surface area (Å²) in [6, 6.07) is 0.678. The van der Waals surface area contributed by atoms with Gasteiger partial charge in [-0.05, 0) is 52.2 Å². The largest absolute Gasteiger partial charge is 0.392 e. The summed E-state index contributed by atoms with van der Waals surface area (Å²) >= 11 is 0. The van der Waals surface area contributed by atoms with Gasteiger partial charge in [-0.1, -0.05) is 19.3 Å². The van der Waals surface area contributed by atoms with Crippen LogP contribution >= 0.6 is 0 Å². The van der Waals surface area contributed by atoms with Crippen molar-refractivity contribution in [3.8, 4) is 0 Å². The zero-order valence-corrected chi connectivity index (χ0v) is 12.1. The summed E-state index contributed by atoms with van der Waals surface area (Å²) in [5.41, 5.74) is 0. The summed E-state index contributed by atoms with van der Waals surface area (Å²) in [6.07, 6.45) is 8.99. The first-order valence-corrected chi connectivity index (χ1v) is 7.73. The smallest absolute Gasteiger partial charge is 0.0695 e. The number of rotatable bonds is 4. The average molecular weight is 254 g/mol. The Morgan fingerprint density at radius 2 is 1.83 bits per heavy atom. The molecule has 0 bridgehead atoms. The summed E-state index contributed by atoms with van der Waals surface area (Å²) in [4.78, 5) is 4.81. The van der Waals surface area contributed by atoms with Crippen LogP contribution in [-0.4, -0.2) is 60.8 Å². The lowest BCUT2D eigenvalue weighted by Crippen LogP contribution is -2.48. The molecule has 2 aliphatic rings. The third-order valence-corrected chi connectivity index (χ3v) is 4.85. The Balaban J connectivity index is 1.77. The molecular weight excluding hydrogens is 224 g/mol. The van der Waals surface area contributed by atoms with Gasteiger partial charge >= 0.3 is 0 Å². The number of likely N-dealkylation sites (tertiary alicyclic amines) is 1. The molecule has 2 rings (SSSR count). The Hall–Kier alpha value is -0.120. The molecule has 0 radical (unpaired) electrons. The maximum atomic E-state index is 10.4. The predicted molar refractivity (Wildman–Crippen MR) is 75.7 cm³/mol. The number of likely N-dealkylation sites (N-methyl/N-ethyl adjacent to an activating group) is 1. The van der Waals surface area contributed by atoms with Crippen LogP contribution in [0.5, 0.6) is 0 Å². The summed E-state index contributed by atoms with van der Waals surface area (Å²) in [5.74, 6) is 0.568. The summed E-state index contributed by atoms with van der Waals surface area (Å²) < 4.78 is 0. The predicted octanol–water partition coefficient (Wildman–Crippen LogP) is 1.95. The highest BCUT2D eigenvalue weighted by Gasteiger charge is 2.27. The van der Waals surface area contributed by atoms with Gasteiger partial charge in [0.2, 0.25) is 0 Å². The molecule has 0 spiro atoms. The molecule has 2 atom stereocenters. The number of β-amino-alcohol motifs (C(OH)–C–C–N with tert-alkyl or cyclic N) is 1. The minimum Gasteiger partial charge on any atom is -0.392 e. The first-order chi connectivity index (χ1) is 8.66. The lowest BCUT2D eigenvalue weighted by Gasteiger charge is -2.38. The maximum absolute atomic E-state index is 10.4. The van der Waals surface area contributed by atoms with Crippen LogP contribution in [-0.2, 0) is 0 Å². The van der Waals surface area contributed by atoms with Gasteiger partial charge in [0.15, 0.2) is 0 Å². The third kappa shape index (κ3) is 3.94. The van der Waals surface area contributed by atoms with E-state index in [1.165, 1.54) is 51.5 Å². The van der Waals surface area contributed by atoms with Crippen molar-refractivity contribution in [2.75, 3.05) is 33.7 Å². The van der Waals surface area contributed by atoms with Gasteiger partial charge in [-0.3, -0.25) is 4.90 Å². The van der Waals surface area contributed by atoms with Crippen molar-refractivity contribution in [2.24, 2.45) is 5.92 Å². The summed E-state index contributed by atoms with van der Waals surface area (Å²) in [7, 11) is 4.34. The number of piperidine rings is 1. The molecule has 0 aromatic rings. The van der Waals surface area contributed by atoms with Gasteiger partial charge in [0.05, 0.1) is 6.10 Å². The lowest BCUT2D eigenvalue weighted by molar-refractivity contribution is 0.0290. The fourth-order valence-electron chi connectivity index (χ4n) is 3.55. The van der Waals surface area contributed by atoms with E-state index in [1.807, 2.05) is 0 Å². The Bertz CT molecular complexity index is 239. The molecule has 18 heavy (non-hydrogen) atoms.